The molecule has 1 heterocycles. The lowest BCUT2D eigenvalue weighted by Crippen LogP contribution is -2.24. The van der Waals surface area contributed by atoms with Gasteiger partial charge in [0.25, 0.3) is 5.91 Å². The van der Waals surface area contributed by atoms with Gasteiger partial charge in [-0.05, 0) is 54.3 Å². The smallest absolute Gasteiger partial charge is 0.251 e. The van der Waals surface area contributed by atoms with E-state index in [2.05, 4.69) is 10.3 Å². The fourth-order valence-electron chi connectivity index (χ4n) is 2.99. The molecule has 144 valence electrons. The topological polar surface area (TPSA) is 76.1 Å². The highest BCUT2D eigenvalue weighted by molar-refractivity contribution is 7.90. The highest BCUT2D eigenvalue weighted by Crippen LogP contribution is 2.28. The van der Waals surface area contributed by atoms with Gasteiger partial charge >= 0.3 is 0 Å². The molecule has 0 saturated heterocycles. The van der Waals surface area contributed by atoms with Crippen molar-refractivity contribution in [1.82, 2.24) is 10.3 Å². The van der Waals surface area contributed by atoms with Crippen molar-refractivity contribution in [3.63, 3.8) is 0 Å². The van der Waals surface area contributed by atoms with Crippen molar-refractivity contribution in [2.24, 2.45) is 0 Å². The van der Waals surface area contributed by atoms with Crippen LogP contribution in [-0.4, -0.2) is 25.6 Å². The minimum absolute atomic E-state index is 0.163. The van der Waals surface area contributed by atoms with Gasteiger partial charge in [-0.25, -0.2) is 8.42 Å². The van der Waals surface area contributed by atoms with Crippen LogP contribution in [0.25, 0.3) is 11.1 Å². The lowest BCUT2D eigenvalue weighted by Gasteiger charge is -2.14. The molecule has 0 aliphatic heterocycles. The lowest BCUT2D eigenvalue weighted by molar-refractivity contribution is 0.0950. The minimum atomic E-state index is -3.48. The van der Waals surface area contributed by atoms with Gasteiger partial charge in [-0.3, -0.25) is 9.78 Å². The van der Waals surface area contributed by atoms with Gasteiger partial charge in [-0.15, -0.1) is 0 Å². The molecule has 1 N–H and O–H groups in total. The Labute approximate surface area is 165 Å². The molecule has 0 unspecified atom stereocenters. The number of nitrogens with one attached hydrogen (secondary N) is 1. The summed E-state index contributed by atoms with van der Waals surface area (Å²) in [4.78, 5) is 17.2. The molecule has 3 rings (SSSR count). The zero-order valence-corrected chi connectivity index (χ0v) is 16.9. The number of sulfone groups is 1. The molecule has 0 spiro atoms. The average molecular weight is 394 g/mol. The average Bonchev–Trinajstić information content (AvgIpc) is 2.67. The van der Waals surface area contributed by atoms with E-state index in [1.165, 1.54) is 0 Å². The third-order valence-electron chi connectivity index (χ3n) is 4.54. The minimum Gasteiger partial charge on any atom is -0.348 e. The molecular formula is C22H22N2O3S. The highest BCUT2D eigenvalue weighted by Gasteiger charge is 2.20. The van der Waals surface area contributed by atoms with E-state index in [4.69, 9.17) is 0 Å². The summed E-state index contributed by atoms with van der Waals surface area (Å²) in [5.41, 5.74) is 4.11. The number of carbonyl (C=O) groups excluding carboxylic acids is 1. The Morgan fingerprint density at radius 2 is 1.71 bits per heavy atom. The van der Waals surface area contributed by atoms with Gasteiger partial charge in [0.15, 0.2) is 9.84 Å². The van der Waals surface area contributed by atoms with Crippen molar-refractivity contribution >= 4 is 15.7 Å². The number of hydrogen-bond donors (Lipinski definition) is 1. The zero-order chi connectivity index (χ0) is 20.3. The Bertz CT molecular complexity index is 1110. The molecule has 1 aromatic heterocycles. The summed E-state index contributed by atoms with van der Waals surface area (Å²) in [6.07, 6.45) is 2.87. The van der Waals surface area contributed by atoms with Gasteiger partial charge in [0.2, 0.25) is 0 Å². The van der Waals surface area contributed by atoms with Crippen LogP contribution in [0.1, 0.15) is 27.2 Å². The van der Waals surface area contributed by atoms with Crippen molar-refractivity contribution in [1.29, 1.82) is 0 Å². The second-order valence-electron chi connectivity index (χ2n) is 6.78. The SMILES string of the molecule is Cc1ccc(CNC(=O)c2cc(-c3ccccc3)cc(S(C)(=O)=O)c2C)cn1. The molecule has 5 nitrogen and oxygen atoms in total. The number of carbonyl (C=O) groups is 1. The van der Waals surface area contributed by atoms with Crippen LogP contribution < -0.4 is 5.32 Å². The van der Waals surface area contributed by atoms with Gasteiger partial charge in [0.1, 0.15) is 0 Å². The number of aromatic nitrogens is 1. The fourth-order valence-corrected chi connectivity index (χ4v) is 3.99. The third kappa shape index (κ3) is 4.46. The Hall–Kier alpha value is -2.99. The van der Waals surface area contributed by atoms with E-state index in [0.717, 1.165) is 23.1 Å². The van der Waals surface area contributed by atoms with Crippen LogP contribution in [0.15, 0.2) is 65.7 Å². The standard InChI is InChI=1S/C22H22N2O3S/c1-15-9-10-17(13-23-15)14-24-22(25)20-11-19(18-7-5-4-6-8-18)12-21(16(20)2)28(3,26)27/h4-13H,14H2,1-3H3,(H,24,25). The van der Waals surface area contributed by atoms with Crippen molar-refractivity contribution in [2.45, 2.75) is 25.3 Å². The van der Waals surface area contributed by atoms with E-state index in [0.29, 0.717) is 23.2 Å². The molecule has 0 bridgehead atoms. The monoisotopic (exact) mass is 394 g/mol. The van der Waals surface area contributed by atoms with Gasteiger partial charge < -0.3 is 5.32 Å². The maximum absolute atomic E-state index is 12.8. The molecule has 1 amide bonds. The quantitative estimate of drug-likeness (QED) is 0.716. The number of aryl methyl sites for hydroxylation is 1. The largest absolute Gasteiger partial charge is 0.348 e. The number of pyridine rings is 1. The van der Waals surface area contributed by atoms with Crippen LogP contribution in [0.4, 0.5) is 0 Å². The Balaban J connectivity index is 1.98. The van der Waals surface area contributed by atoms with Gasteiger partial charge in [-0.2, -0.15) is 0 Å². The van der Waals surface area contributed by atoms with Crippen molar-refractivity contribution < 1.29 is 13.2 Å². The van der Waals surface area contributed by atoms with Gasteiger partial charge in [0, 0.05) is 30.3 Å². The Morgan fingerprint density at radius 1 is 1.00 bits per heavy atom. The summed E-state index contributed by atoms with van der Waals surface area (Å²) in [6.45, 7) is 3.87. The van der Waals surface area contributed by atoms with Gasteiger partial charge in [0.05, 0.1) is 4.90 Å². The summed E-state index contributed by atoms with van der Waals surface area (Å²) < 4.78 is 24.6. The molecule has 0 atom stereocenters. The predicted octanol–water partition coefficient (Wildman–Crippen LogP) is 3.70. The summed E-state index contributed by atoms with van der Waals surface area (Å²) in [6, 6.07) is 16.6. The van der Waals surface area contributed by atoms with Crippen LogP contribution >= 0.6 is 0 Å². The Morgan fingerprint density at radius 3 is 2.32 bits per heavy atom. The third-order valence-corrected chi connectivity index (χ3v) is 5.76. The summed E-state index contributed by atoms with van der Waals surface area (Å²) in [7, 11) is -3.48. The molecule has 0 fully saturated rings. The fraction of sp³-hybridized carbons (Fsp3) is 0.182. The Kier molecular flexibility index (Phi) is 5.61. The maximum atomic E-state index is 12.8. The molecular weight excluding hydrogens is 372 g/mol. The van der Waals surface area contributed by atoms with E-state index in [9.17, 15) is 13.2 Å². The first-order valence-electron chi connectivity index (χ1n) is 8.85. The van der Waals surface area contributed by atoms with E-state index < -0.39 is 9.84 Å². The summed E-state index contributed by atoms with van der Waals surface area (Å²) in [5, 5.41) is 2.86. The molecule has 0 aliphatic carbocycles. The van der Waals surface area contributed by atoms with Crippen LogP contribution in [0.5, 0.6) is 0 Å². The first-order chi connectivity index (χ1) is 13.3. The van der Waals surface area contributed by atoms with E-state index >= 15 is 0 Å². The van der Waals surface area contributed by atoms with E-state index in [-0.39, 0.29) is 10.8 Å². The molecule has 3 aromatic rings. The molecule has 0 saturated carbocycles. The molecule has 6 heteroatoms. The van der Waals surface area contributed by atoms with Crippen molar-refractivity contribution in [2.75, 3.05) is 6.26 Å². The first kappa shape index (κ1) is 19.8. The number of rotatable bonds is 5. The van der Waals surface area contributed by atoms with Crippen LogP contribution in [-0.2, 0) is 16.4 Å². The van der Waals surface area contributed by atoms with Crippen LogP contribution in [0.2, 0.25) is 0 Å². The second-order valence-corrected chi connectivity index (χ2v) is 8.76. The van der Waals surface area contributed by atoms with E-state index in [1.54, 1.807) is 25.3 Å². The maximum Gasteiger partial charge on any atom is 0.251 e. The lowest BCUT2D eigenvalue weighted by atomic mass is 9.99. The zero-order valence-electron chi connectivity index (χ0n) is 16.1. The predicted molar refractivity (Wildman–Crippen MR) is 110 cm³/mol. The number of hydrogen-bond acceptors (Lipinski definition) is 4. The second kappa shape index (κ2) is 7.94. The molecule has 0 radical (unpaired) electrons. The van der Waals surface area contributed by atoms with Crippen molar-refractivity contribution in [3.05, 3.63) is 83.2 Å². The number of nitrogens with zero attached hydrogens (tertiary/aromatic N) is 1. The highest BCUT2D eigenvalue weighted by atomic mass is 32.2. The number of amides is 1. The number of benzene rings is 2. The summed E-state index contributed by atoms with van der Waals surface area (Å²) >= 11 is 0. The normalized spacial score (nSPS) is 11.2. The van der Waals surface area contributed by atoms with E-state index in [1.807, 2.05) is 49.4 Å². The first-order valence-corrected chi connectivity index (χ1v) is 10.7. The van der Waals surface area contributed by atoms with Gasteiger partial charge in [-0.1, -0.05) is 36.4 Å². The van der Waals surface area contributed by atoms with Crippen LogP contribution in [0.3, 0.4) is 0 Å². The van der Waals surface area contributed by atoms with Crippen LogP contribution in [0, 0.1) is 13.8 Å². The molecule has 28 heavy (non-hydrogen) atoms. The molecule has 2 aromatic carbocycles. The molecule has 0 aliphatic rings. The van der Waals surface area contributed by atoms with Crippen molar-refractivity contribution in [3.8, 4) is 11.1 Å². The summed E-state index contributed by atoms with van der Waals surface area (Å²) in [5.74, 6) is -0.319.